The minimum absolute atomic E-state index is 0.0199. The van der Waals surface area contributed by atoms with Crippen molar-refractivity contribution in [2.45, 2.75) is 31.6 Å². The molecule has 1 atom stereocenters. The van der Waals surface area contributed by atoms with E-state index in [4.69, 9.17) is 32.9 Å². The molecule has 2 amide bonds. The first-order chi connectivity index (χ1) is 26.3. The minimum Gasteiger partial charge on any atom is -0.360 e. The van der Waals surface area contributed by atoms with E-state index in [0.717, 1.165) is 54.7 Å². The second-order valence-electron chi connectivity index (χ2n) is 14.9. The van der Waals surface area contributed by atoms with Gasteiger partial charge in [0.05, 0.1) is 28.9 Å². The number of rotatable bonds is 12. The Morgan fingerprint density at radius 1 is 0.855 bits per heavy atom. The number of carbonyl (C=O) groups is 2. The highest BCUT2D eigenvalue weighted by atomic mass is 35.5. The van der Waals surface area contributed by atoms with Crippen LogP contribution in [0.4, 0.5) is 11.4 Å². The van der Waals surface area contributed by atoms with Crippen LogP contribution in [0.25, 0.3) is 22.4 Å². The van der Waals surface area contributed by atoms with E-state index in [2.05, 4.69) is 71.2 Å². The molecule has 0 bridgehead atoms. The van der Waals surface area contributed by atoms with Gasteiger partial charge in [-0.3, -0.25) is 9.59 Å². The van der Waals surface area contributed by atoms with E-state index >= 15 is 0 Å². The first-order valence-corrected chi connectivity index (χ1v) is 23.9. The molecule has 286 valence electrons. The smallest absolute Gasteiger partial charge is 0.331 e. The van der Waals surface area contributed by atoms with Gasteiger partial charge in [-0.2, -0.15) is 12.7 Å². The molecule has 0 aliphatic carbocycles. The van der Waals surface area contributed by atoms with Crippen LogP contribution in [0.1, 0.15) is 22.9 Å². The highest BCUT2D eigenvalue weighted by Gasteiger charge is 2.43. The van der Waals surface area contributed by atoms with Crippen molar-refractivity contribution in [3.8, 4) is 22.4 Å². The first kappa shape index (κ1) is 38.6. The SMILES string of the molecule is C[Si](C)(C)CCOCN1C(=O)CN(c2ccc(C(c3ccc(-c4ccc(N5CCNC(=O)C5)cc4)cc3)c3nc(-c4ccc(Cl)cc4Cl)c[nH]3)cc2)S1(=O)=O. The largest absolute Gasteiger partial charge is 0.360 e. The van der Waals surface area contributed by atoms with Gasteiger partial charge in [-0.25, -0.2) is 9.29 Å². The molecular formula is C40H42Cl2N6O5SSi. The molecule has 0 saturated carbocycles. The van der Waals surface area contributed by atoms with Gasteiger partial charge in [-0.15, -0.1) is 0 Å². The van der Waals surface area contributed by atoms with Crippen molar-refractivity contribution in [2.75, 3.05) is 48.7 Å². The fourth-order valence-electron chi connectivity index (χ4n) is 6.67. The maximum Gasteiger partial charge on any atom is 0.331 e. The maximum atomic E-state index is 13.5. The van der Waals surface area contributed by atoms with Crippen LogP contribution in [-0.4, -0.2) is 82.1 Å². The van der Waals surface area contributed by atoms with Crippen molar-refractivity contribution in [3.05, 3.63) is 124 Å². The Morgan fingerprint density at radius 2 is 1.49 bits per heavy atom. The third kappa shape index (κ3) is 8.61. The number of hydrogen-bond acceptors (Lipinski definition) is 7. The van der Waals surface area contributed by atoms with Gasteiger partial charge in [0, 0.05) is 50.2 Å². The second-order valence-corrected chi connectivity index (χ2v) is 23.1. The van der Waals surface area contributed by atoms with Crippen molar-refractivity contribution in [1.82, 2.24) is 19.6 Å². The molecule has 1 unspecified atom stereocenters. The molecule has 15 heteroatoms. The fraction of sp³-hybridized carbons (Fsp3) is 0.275. The van der Waals surface area contributed by atoms with Gasteiger partial charge in [0.15, 0.2) is 0 Å². The average molecular weight is 818 g/mol. The van der Waals surface area contributed by atoms with Crippen LogP contribution in [0.2, 0.25) is 35.7 Å². The van der Waals surface area contributed by atoms with E-state index < -0.39 is 24.2 Å². The van der Waals surface area contributed by atoms with Crippen molar-refractivity contribution in [1.29, 1.82) is 0 Å². The number of hydrogen-bond donors (Lipinski definition) is 2. The van der Waals surface area contributed by atoms with E-state index in [0.29, 0.717) is 46.9 Å². The fourth-order valence-corrected chi connectivity index (χ4v) is 9.36. The first-order valence-electron chi connectivity index (χ1n) is 18.0. The van der Waals surface area contributed by atoms with Crippen molar-refractivity contribution < 1.29 is 22.7 Å². The minimum atomic E-state index is -4.12. The zero-order chi connectivity index (χ0) is 38.9. The Bertz CT molecular complexity index is 2300. The van der Waals surface area contributed by atoms with E-state index in [-0.39, 0.29) is 25.1 Å². The van der Waals surface area contributed by atoms with Crippen LogP contribution in [0, 0.1) is 0 Å². The van der Waals surface area contributed by atoms with Crippen LogP contribution in [-0.2, 0) is 24.5 Å². The quantitative estimate of drug-likeness (QED) is 0.0995. The molecule has 11 nitrogen and oxygen atoms in total. The van der Waals surface area contributed by atoms with E-state index in [1.54, 1.807) is 30.5 Å². The molecule has 2 aliphatic rings. The summed E-state index contributed by atoms with van der Waals surface area (Å²) in [7, 11) is -5.50. The summed E-state index contributed by atoms with van der Waals surface area (Å²) in [6.07, 6.45) is 1.80. The number of benzene rings is 4. The lowest BCUT2D eigenvalue weighted by molar-refractivity contribution is -0.127. The average Bonchev–Trinajstić information content (AvgIpc) is 3.71. The highest BCUT2D eigenvalue weighted by molar-refractivity contribution is 7.91. The van der Waals surface area contributed by atoms with Crippen LogP contribution >= 0.6 is 23.2 Å². The lowest BCUT2D eigenvalue weighted by atomic mass is 9.89. The Hall–Kier alpha value is -4.66. The third-order valence-electron chi connectivity index (χ3n) is 9.76. The Labute approximate surface area is 332 Å². The summed E-state index contributed by atoms with van der Waals surface area (Å²) in [5, 5.41) is 3.86. The molecule has 7 rings (SSSR count). The topological polar surface area (TPSA) is 128 Å². The van der Waals surface area contributed by atoms with Gasteiger partial charge in [-0.05, 0) is 70.8 Å². The summed E-state index contributed by atoms with van der Waals surface area (Å²) >= 11 is 12.7. The third-order valence-corrected chi connectivity index (χ3v) is 13.8. The number of piperazine rings is 1. The maximum absolute atomic E-state index is 13.5. The number of aromatic nitrogens is 2. The van der Waals surface area contributed by atoms with Gasteiger partial charge in [0.25, 0.3) is 5.91 Å². The standard InChI is InChI=1S/C40H42Cl2N6O5SSi/c1-55(2,3)21-20-53-26-48-38(50)25-47(54(48,51)52)33-15-10-30(11-16-33)39(40-44-23-36(45-40)34-17-12-31(41)22-35(34)42)29-6-4-27(5-7-29)28-8-13-32(14-9-28)46-19-18-43-37(49)24-46/h4-17,22-23,39H,18-21,24-26H2,1-3H3,(H,43,49)(H,44,45). The Kier molecular flexibility index (Phi) is 11.1. The lowest BCUT2D eigenvalue weighted by Crippen LogP contribution is -2.47. The molecule has 0 spiro atoms. The molecule has 1 aromatic heterocycles. The molecule has 0 radical (unpaired) electrons. The van der Waals surface area contributed by atoms with E-state index in [1.165, 1.54) is 0 Å². The van der Waals surface area contributed by atoms with Gasteiger partial charge in [0.2, 0.25) is 5.91 Å². The van der Waals surface area contributed by atoms with Crippen molar-refractivity contribution in [2.24, 2.45) is 0 Å². The van der Waals surface area contributed by atoms with Gasteiger partial charge in [-0.1, -0.05) is 91.4 Å². The normalized spacial score (nSPS) is 16.4. The molecule has 5 aromatic rings. The number of aromatic amines is 1. The summed E-state index contributed by atoms with van der Waals surface area (Å²) in [6.45, 7) is 8.14. The lowest BCUT2D eigenvalue weighted by Gasteiger charge is -2.28. The predicted molar refractivity (Wildman–Crippen MR) is 221 cm³/mol. The zero-order valence-corrected chi connectivity index (χ0v) is 34.1. The second kappa shape index (κ2) is 15.8. The molecule has 4 aromatic carbocycles. The zero-order valence-electron chi connectivity index (χ0n) is 30.8. The number of amides is 2. The van der Waals surface area contributed by atoms with Gasteiger partial charge >= 0.3 is 10.2 Å². The molecule has 2 fully saturated rings. The van der Waals surface area contributed by atoms with E-state index in [1.807, 2.05) is 30.3 Å². The van der Waals surface area contributed by atoms with Crippen LogP contribution in [0.15, 0.2) is 97.2 Å². The molecule has 2 N–H and O–H groups in total. The number of halogens is 2. The number of H-pyrrole nitrogens is 1. The monoisotopic (exact) mass is 816 g/mol. The molecule has 2 saturated heterocycles. The van der Waals surface area contributed by atoms with Crippen LogP contribution in [0.5, 0.6) is 0 Å². The van der Waals surface area contributed by atoms with Gasteiger partial charge < -0.3 is 19.9 Å². The summed E-state index contributed by atoms with van der Waals surface area (Å²) in [6, 6.07) is 29.7. The predicted octanol–water partition coefficient (Wildman–Crippen LogP) is 7.37. The number of nitrogens with zero attached hydrogens (tertiary/aromatic N) is 4. The summed E-state index contributed by atoms with van der Waals surface area (Å²) in [5.74, 6) is -0.232. The molecular weight excluding hydrogens is 776 g/mol. The summed E-state index contributed by atoms with van der Waals surface area (Å²) in [4.78, 5) is 35.2. The molecule has 2 aliphatic heterocycles. The van der Waals surface area contributed by atoms with E-state index in [9.17, 15) is 18.0 Å². The number of imidazole rings is 1. The van der Waals surface area contributed by atoms with Crippen LogP contribution < -0.4 is 14.5 Å². The number of anilines is 2. The summed E-state index contributed by atoms with van der Waals surface area (Å²) in [5.41, 5.74) is 6.60. The molecule has 3 heterocycles. The highest BCUT2D eigenvalue weighted by Crippen LogP contribution is 2.37. The number of carbonyl (C=O) groups excluding carboxylic acids is 2. The molecule has 55 heavy (non-hydrogen) atoms. The Balaban J connectivity index is 1.16. The van der Waals surface area contributed by atoms with Crippen LogP contribution in [0.3, 0.4) is 0 Å². The number of ether oxygens (including phenoxy) is 1. The summed E-state index contributed by atoms with van der Waals surface area (Å²) < 4.78 is 34.6. The van der Waals surface area contributed by atoms with Gasteiger partial charge in [0.1, 0.15) is 19.1 Å². The van der Waals surface area contributed by atoms with Crippen molar-refractivity contribution >= 4 is 64.7 Å². The number of nitrogens with one attached hydrogen (secondary N) is 2. The van der Waals surface area contributed by atoms with Crippen molar-refractivity contribution in [3.63, 3.8) is 0 Å². The Morgan fingerprint density at radius 3 is 2.13 bits per heavy atom.